The second kappa shape index (κ2) is 2.22. The average molecular weight is 152 g/mol. The van der Waals surface area contributed by atoms with Crippen molar-refractivity contribution in [1.82, 2.24) is 0 Å². The van der Waals surface area contributed by atoms with Crippen molar-refractivity contribution in [3.63, 3.8) is 0 Å². The number of halogens is 1. The number of rotatable bonds is 0. The standard InChI is InChI=1S/C9H9FO/c1-6-7-4-5-11-9(7)3-2-8(6)10/h2-3H,4-5H2,1H3. The van der Waals surface area contributed by atoms with Gasteiger partial charge in [0.05, 0.1) is 6.61 Å². The number of fused-ring (bicyclic) bond motifs is 1. The van der Waals surface area contributed by atoms with Crippen LogP contribution in [0.3, 0.4) is 0 Å². The highest BCUT2D eigenvalue weighted by Gasteiger charge is 2.15. The predicted octanol–water partition coefficient (Wildman–Crippen LogP) is 2.07. The molecule has 0 atom stereocenters. The number of benzene rings is 1. The summed E-state index contributed by atoms with van der Waals surface area (Å²) in [6, 6.07) is 3.16. The van der Waals surface area contributed by atoms with Gasteiger partial charge in [-0.3, -0.25) is 0 Å². The lowest BCUT2D eigenvalue weighted by molar-refractivity contribution is 0.356. The zero-order valence-electron chi connectivity index (χ0n) is 6.36. The fourth-order valence-electron chi connectivity index (χ4n) is 1.41. The summed E-state index contributed by atoms with van der Waals surface area (Å²) in [5.74, 6) is 0.721. The van der Waals surface area contributed by atoms with Crippen LogP contribution in [0.15, 0.2) is 12.1 Å². The summed E-state index contributed by atoms with van der Waals surface area (Å²) in [4.78, 5) is 0. The summed E-state index contributed by atoms with van der Waals surface area (Å²) in [5.41, 5.74) is 1.77. The van der Waals surface area contributed by atoms with E-state index in [2.05, 4.69) is 0 Å². The minimum absolute atomic E-state index is 0.130. The molecule has 0 unspecified atom stereocenters. The number of hydrogen-bond donors (Lipinski definition) is 0. The van der Waals surface area contributed by atoms with Crippen LogP contribution in [0.4, 0.5) is 4.39 Å². The number of hydrogen-bond acceptors (Lipinski definition) is 1. The molecule has 1 aromatic carbocycles. The van der Waals surface area contributed by atoms with Gasteiger partial charge in [0.2, 0.25) is 0 Å². The van der Waals surface area contributed by atoms with Crippen LogP contribution in [0.5, 0.6) is 5.75 Å². The van der Waals surface area contributed by atoms with Crippen LogP contribution in [0.2, 0.25) is 0 Å². The molecule has 1 heterocycles. The molecule has 0 bridgehead atoms. The lowest BCUT2D eigenvalue weighted by Crippen LogP contribution is -1.88. The molecule has 1 aliphatic heterocycles. The van der Waals surface area contributed by atoms with Gasteiger partial charge in [-0.2, -0.15) is 0 Å². The van der Waals surface area contributed by atoms with E-state index in [4.69, 9.17) is 4.74 Å². The average Bonchev–Trinajstić information content (AvgIpc) is 2.45. The quantitative estimate of drug-likeness (QED) is 0.553. The molecular formula is C9H9FO. The van der Waals surface area contributed by atoms with Crippen LogP contribution < -0.4 is 4.74 Å². The van der Waals surface area contributed by atoms with Crippen molar-refractivity contribution in [3.8, 4) is 5.75 Å². The van der Waals surface area contributed by atoms with Crippen LogP contribution in [-0.2, 0) is 6.42 Å². The molecule has 0 aromatic heterocycles. The third kappa shape index (κ3) is 0.897. The van der Waals surface area contributed by atoms with Gasteiger partial charge in [-0.1, -0.05) is 0 Å². The van der Waals surface area contributed by atoms with E-state index in [0.29, 0.717) is 6.61 Å². The molecule has 0 aliphatic carbocycles. The number of ether oxygens (including phenoxy) is 1. The molecule has 11 heavy (non-hydrogen) atoms. The largest absolute Gasteiger partial charge is 0.493 e. The van der Waals surface area contributed by atoms with Crippen molar-refractivity contribution >= 4 is 0 Å². The Hall–Kier alpha value is -1.05. The monoisotopic (exact) mass is 152 g/mol. The van der Waals surface area contributed by atoms with Gasteiger partial charge in [0.25, 0.3) is 0 Å². The molecule has 1 aliphatic rings. The molecular weight excluding hydrogens is 143 g/mol. The summed E-state index contributed by atoms with van der Waals surface area (Å²) < 4.78 is 18.2. The van der Waals surface area contributed by atoms with E-state index in [9.17, 15) is 4.39 Å². The summed E-state index contributed by atoms with van der Waals surface area (Å²) in [7, 11) is 0. The van der Waals surface area contributed by atoms with E-state index in [-0.39, 0.29) is 5.82 Å². The van der Waals surface area contributed by atoms with Gasteiger partial charge in [-0.15, -0.1) is 0 Å². The van der Waals surface area contributed by atoms with Crippen molar-refractivity contribution in [2.24, 2.45) is 0 Å². The maximum atomic E-state index is 12.9. The second-order valence-corrected chi connectivity index (χ2v) is 2.75. The van der Waals surface area contributed by atoms with Crippen LogP contribution in [0, 0.1) is 12.7 Å². The van der Waals surface area contributed by atoms with Crippen LogP contribution in [0.1, 0.15) is 11.1 Å². The molecule has 1 aromatic rings. The molecule has 0 N–H and O–H groups in total. The molecule has 1 nitrogen and oxygen atoms in total. The van der Waals surface area contributed by atoms with Gasteiger partial charge in [-0.25, -0.2) is 4.39 Å². The van der Waals surface area contributed by atoms with Gasteiger partial charge >= 0.3 is 0 Å². The fourth-order valence-corrected chi connectivity index (χ4v) is 1.41. The first kappa shape index (κ1) is 6.65. The van der Waals surface area contributed by atoms with E-state index in [1.165, 1.54) is 6.07 Å². The maximum Gasteiger partial charge on any atom is 0.126 e. The summed E-state index contributed by atoms with van der Waals surface area (Å²) >= 11 is 0. The first-order chi connectivity index (χ1) is 5.29. The van der Waals surface area contributed by atoms with Crippen molar-refractivity contribution in [1.29, 1.82) is 0 Å². The Morgan fingerprint density at radius 3 is 3.09 bits per heavy atom. The third-order valence-electron chi connectivity index (χ3n) is 2.10. The molecule has 58 valence electrons. The van der Waals surface area contributed by atoms with Gasteiger partial charge in [0, 0.05) is 12.0 Å². The van der Waals surface area contributed by atoms with Gasteiger partial charge in [-0.05, 0) is 24.6 Å². The maximum absolute atomic E-state index is 12.9. The zero-order chi connectivity index (χ0) is 7.84. The minimum Gasteiger partial charge on any atom is -0.493 e. The summed E-state index contributed by atoms with van der Waals surface area (Å²) in [6.45, 7) is 2.49. The molecule has 0 radical (unpaired) electrons. The van der Waals surface area contributed by atoms with E-state index in [1.807, 2.05) is 0 Å². The van der Waals surface area contributed by atoms with E-state index in [1.54, 1.807) is 13.0 Å². The highest BCUT2D eigenvalue weighted by Crippen LogP contribution is 2.29. The zero-order valence-corrected chi connectivity index (χ0v) is 6.36. The lowest BCUT2D eigenvalue weighted by atomic mass is 10.1. The summed E-state index contributed by atoms with van der Waals surface area (Å²) in [5, 5.41) is 0. The molecule has 0 spiro atoms. The van der Waals surface area contributed by atoms with Gasteiger partial charge in [0.1, 0.15) is 11.6 Å². The van der Waals surface area contributed by atoms with Crippen molar-refractivity contribution in [3.05, 3.63) is 29.1 Å². The van der Waals surface area contributed by atoms with E-state index in [0.717, 1.165) is 23.3 Å². The SMILES string of the molecule is Cc1c(F)ccc2c1CCO2. The molecule has 0 amide bonds. The molecule has 0 saturated heterocycles. The van der Waals surface area contributed by atoms with Crippen LogP contribution >= 0.6 is 0 Å². The Morgan fingerprint density at radius 1 is 1.45 bits per heavy atom. The predicted molar refractivity (Wildman–Crippen MR) is 40.3 cm³/mol. The smallest absolute Gasteiger partial charge is 0.126 e. The van der Waals surface area contributed by atoms with Crippen molar-refractivity contribution in [2.45, 2.75) is 13.3 Å². The minimum atomic E-state index is -0.130. The second-order valence-electron chi connectivity index (χ2n) is 2.75. The Morgan fingerprint density at radius 2 is 2.27 bits per heavy atom. The van der Waals surface area contributed by atoms with Crippen LogP contribution in [0.25, 0.3) is 0 Å². The molecule has 0 fully saturated rings. The molecule has 2 rings (SSSR count). The van der Waals surface area contributed by atoms with E-state index >= 15 is 0 Å². The van der Waals surface area contributed by atoms with E-state index < -0.39 is 0 Å². The Bertz CT molecular complexity index is 294. The first-order valence-electron chi connectivity index (χ1n) is 3.70. The van der Waals surface area contributed by atoms with Gasteiger partial charge < -0.3 is 4.74 Å². The molecule has 2 heteroatoms. The fraction of sp³-hybridized carbons (Fsp3) is 0.333. The van der Waals surface area contributed by atoms with Crippen molar-refractivity contribution < 1.29 is 9.13 Å². The highest BCUT2D eigenvalue weighted by molar-refractivity contribution is 5.42. The first-order valence-corrected chi connectivity index (χ1v) is 3.70. The normalized spacial score (nSPS) is 14.4. The third-order valence-corrected chi connectivity index (χ3v) is 2.10. The Kier molecular flexibility index (Phi) is 1.34. The topological polar surface area (TPSA) is 9.23 Å². The van der Waals surface area contributed by atoms with Crippen LogP contribution in [-0.4, -0.2) is 6.61 Å². The Balaban J connectivity index is 2.62. The van der Waals surface area contributed by atoms with Gasteiger partial charge in [0.15, 0.2) is 0 Å². The molecule has 0 saturated carbocycles. The van der Waals surface area contributed by atoms with Crippen molar-refractivity contribution in [2.75, 3.05) is 6.61 Å². The lowest BCUT2D eigenvalue weighted by Gasteiger charge is -2.01. The highest BCUT2D eigenvalue weighted by atomic mass is 19.1. The Labute approximate surface area is 64.8 Å². The summed E-state index contributed by atoms with van der Waals surface area (Å²) in [6.07, 6.45) is 0.846.